The van der Waals surface area contributed by atoms with E-state index in [4.69, 9.17) is 0 Å². The molecule has 1 aliphatic rings. The molecular weight excluding hydrogens is 336 g/mol. The number of thioether (sulfide) groups is 1. The van der Waals surface area contributed by atoms with Gasteiger partial charge in [0.1, 0.15) is 12.5 Å². The van der Waals surface area contributed by atoms with E-state index in [1.165, 1.54) is 5.56 Å². The van der Waals surface area contributed by atoms with E-state index in [0.717, 1.165) is 10.6 Å². The molecule has 2 aromatic rings. The number of nitrogens with one attached hydrogen (secondary N) is 2. The molecule has 4 N–H and O–H groups in total. The number of carbonyl (C=O) groups is 1. The molecule has 0 radical (unpaired) electrons. The van der Waals surface area contributed by atoms with Gasteiger partial charge in [0.25, 0.3) is 5.91 Å². The van der Waals surface area contributed by atoms with Crippen LogP contribution in [0.3, 0.4) is 0 Å². The van der Waals surface area contributed by atoms with E-state index >= 15 is 0 Å². The van der Waals surface area contributed by atoms with Crippen molar-refractivity contribution in [3.8, 4) is 0 Å². The summed E-state index contributed by atoms with van der Waals surface area (Å²) in [4.78, 5) is 13.5. The summed E-state index contributed by atoms with van der Waals surface area (Å²) in [5.41, 5.74) is 1.80. The van der Waals surface area contributed by atoms with Crippen LogP contribution < -0.4 is 10.6 Å². The summed E-state index contributed by atoms with van der Waals surface area (Å²) in [5.74, 6) is 0.624. The lowest BCUT2D eigenvalue weighted by molar-refractivity contribution is -0.0161. The minimum absolute atomic E-state index is 0.218. The molecule has 0 saturated carbocycles. The fourth-order valence-electron chi connectivity index (χ4n) is 2.76. The van der Waals surface area contributed by atoms with Crippen molar-refractivity contribution in [3.63, 3.8) is 0 Å². The first-order valence-electron chi connectivity index (χ1n) is 8.31. The molecule has 6 heteroatoms. The summed E-state index contributed by atoms with van der Waals surface area (Å²) in [6, 6.07) is 17.2. The fourth-order valence-corrected chi connectivity index (χ4v) is 3.67. The van der Waals surface area contributed by atoms with Crippen molar-refractivity contribution in [2.75, 3.05) is 0 Å². The number of hydrogen-bond donors (Lipinski definition) is 4. The highest BCUT2D eigenvalue weighted by atomic mass is 32.2. The van der Waals surface area contributed by atoms with Gasteiger partial charge in [-0.3, -0.25) is 10.1 Å². The van der Waals surface area contributed by atoms with Crippen LogP contribution in [0.25, 0.3) is 0 Å². The van der Waals surface area contributed by atoms with Crippen LogP contribution in [-0.2, 0) is 5.75 Å². The maximum Gasteiger partial charge on any atom is 0.251 e. The zero-order valence-electron chi connectivity index (χ0n) is 13.8. The standard InChI is InChI=1S/C19H22N2O3S/c22-17-10-9-16(19(24)21-17)20-18(23)14-7-4-8-15(11-14)25-12-13-5-2-1-3-6-13/h1-8,11,16-17,19,21-22,24H,9-10,12H2,(H,20,23). The zero-order valence-corrected chi connectivity index (χ0v) is 14.6. The van der Waals surface area contributed by atoms with E-state index in [-0.39, 0.29) is 5.91 Å². The normalized spacial score (nSPS) is 23.2. The maximum absolute atomic E-state index is 12.4. The van der Waals surface area contributed by atoms with Crippen LogP contribution in [0.2, 0.25) is 0 Å². The molecule has 132 valence electrons. The van der Waals surface area contributed by atoms with Crippen molar-refractivity contribution in [2.24, 2.45) is 0 Å². The van der Waals surface area contributed by atoms with Gasteiger partial charge in [0.2, 0.25) is 0 Å². The smallest absolute Gasteiger partial charge is 0.251 e. The minimum Gasteiger partial charge on any atom is -0.379 e. The van der Waals surface area contributed by atoms with Gasteiger partial charge in [-0.25, -0.2) is 0 Å². The van der Waals surface area contributed by atoms with E-state index in [1.54, 1.807) is 17.8 Å². The lowest BCUT2D eigenvalue weighted by Crippen LogP contribution is -2.56. The molecule has 1 heterocycles. The van der Waals surface area contributed by atoms with E-state index < -0.39 is 18.5 Å². The summed E-state index contributed by atoms with van der Waals surface area (Å²) in [7, 11) is 0. The Hall–Kier alpha value is -1.86. The SMILES string of the molecule is O=C(NC1CCC(O)NC1O)c1cccc(SCc2ccccc2)c1. The Morgan fingerprint density at radius 1 is 1.12 bits per heavy atom. The number of rotatable bonds is 5. The lowest BCUT2D eigenvalue weighted by atomic mass is 10.0. The number of amides is 1. The topological polar surface area (TPSA) is 81.6 Å². The van der Waals surface area contributed by atoms with E-state index in [9.17, 15) is 15.0 Å². The fraction of sp³-hybridized carbons (Fsp3) is 0.316. The summed E-state index contributed by atoms with van der Waals surface area (Å²) < 4.78 is 0. The van der Waals surface area contributed by atoms with Crippen LogP contribution in [0, 0.1) is 0 Å². The Labute approximate surface area is 151 Å². The second-order valence-corrected chi connectivity index (χ2v) is 7.14. The van der Waals surface area contributed by atoms with Gasteiger partial charge < -0.3 is 15.5 Å². The molecule has 0 aliphatic carbocycles. The molecule has 3 rings (SSSR count). The Morgan fingerprint density at radius 3 is 2.68 bits per heavy atom. The van der Waals surface area contributed by atoms with Crippen molar-refractivity contribution in [1.82, 2.24) is 10.6 Å². The van der Waals surface area contributed by atoms with Gasteiger partial charge in [-0.2, -0.15) is 0 Å². The number of aliphatic hydroxyl groups excluding tert-OH is 2. The monoisotopic (exact) mass is 358 g/mol. The second kappa shape index (κ2) is 8.49. The average Bonchev–Trinajstić information content (AvgIpc) is 2.63. The highest BCUT2D eigenvalue weighted by Gasteiger charge is 2.28. The van der Waals surface area contributed by atoms with Crippen molar-refractivity contribution in [1.29, 1.82) is 0 Å². The third-order valence-electron chi connectivity index (χ3n) is 4.16. The third-order valence-corrected chi connectivity index (χ3v) is 5.22. The van der Waals surface area contributed by atoms with Crippen LogP contribution in [0.4, 0.5) is 0 Å². The molecule has 2 aromatic carbocycles. The molecule has 1 amide bonds. The molecule has 5 nitrogen and oxygen atoms in total. The third kappa shape index (κ3) is 5.06. The van der Waals surface area contributed by atoms with Gasteiger partial charge in [0.15, 0.2) is 0 Å². The van der Waals surface area contributed by atoms with Crippen molar-refractivity contribution in [2.45, 2.75) is 42.0 Å². The molecule has 3 unspecified atom stereocenters. The summed E-state index contributed by atoms with van der Waals surface area (Å²) >= 11 is 1.68. The number of hydrogen-bond acceptors (Lipinski definition) is 5. The summed E-state index contributed by atoms with van der Waals surface area (Å²) in [6.07, 6.45) is -0.636. The largest absolute Gasteiger partial charge is 0.379 e. The highest BCUT2D eigenvalue weighted by molar-refractivity contribution is 7.98. The Kier molecular flexibility index (Phi) is 6.09. The number of benzene rings is 2. The van der Waals surface area contributed by atoms with Crippen LogP contribution in [-0.4, -0.2) is 34.6 Å². The van der Waals surface area contributed by atoms with Crippen LogP contribution in [0.15, 0.2) is 59.5 Å². The van der Waals surface area contributed by atoms with E-state index in [1.807, 2.05) is 36.4 Å². The van der Waals surface area contributed by atoms with Crippen molar-refractivity contribution < 1.29 is 15.0 Å². The summed E-state index contributed by atoms with van der Waals surface area (Å²) in [6.45, 7) is 0. The molecule has 0 spiro atoms. The molecule has 1 aliphatic heterocycles. The van der Waals surface area contributed by atoms with Gasteiger partial charge in [0, 0.05) is 16.2 Å². The molecule has 0 bridgehead atoms. The number of carbonyl (C=O) groups excluding carboxylic acids is 1. The Morgan fingerprint density at radius 2 is 1.92 bits per heavy atom. The quantitative estimate of drug-likeness (QED) is 0.616. The van der Waals surface area contributed by atoms with Crippen LogP contribution >= 0.6 is 11.8 Å². The van der Waals surface area contributed by atoms with Gasteiger partial charge in [-0.05, 0) is 36.6 Å². The highest BCUT2D eigenvalue weighted by Crippen LogP contribution is 2.23. The maximum atomic E-state index is 12.4. The molecule has 0 aromatic heterocycles. The first kappa shape index (κ1) is 17.9. The van der Waals surface area contributed by atoms with E-state index in [0.29, 0.717) is 18.4 Å². The predicted molar refractivity (Wildman–Crippen MR) is 98.1 cm³/mol. The summed E-state index contributed by atoms with van der Waals surface area (Å²) in [5, 5.41) is 24.8. The predicted octanol–water partition coefficient (Wildman–Crippen LogP) is 2.10. The van der Waals surface area contributed by atoms with Crippen LogP contribution in [0.5, 0.6) is 0 Å². The molecular formula is C19H22N2O3S. The van der Waals surface area contributed by atoms with Gasteiger partial charge in [-0.15, -0.1) is 11.8 Å². The van der Waals surface area contributed by atoms with Crippen molar-refractivity contribution >= 4 is 17.7 Å². The second-order valence-electron chi connectivity index (χ2n) is 6.09. The number of piperidine rings is 1. The van der Waals surface area contributed by atoms with Gasteiger partial charge >= 0.3 is 0 Å². The molecule has 3 atom stereocenters. The zero-order chi connectivity index (χ0) is 17.6. The number of aliphatic hydroxyl groups is 2. The molecule has 1 fully saturated rings. The Bertz CT molecular complexity index is 711. The van der Waals surface area contributed by atoms with Gasteiger partial charge in [-0.1, -0.05) is 36.4 Å². The Balaban J connectivity index is 1.59. The first-order chi connectivity index (χ1) is 12.1. The lowest BCUT2D eigenvalue weighted by Gasteiger charge is -2.32. The van der Waals surface area contributed by atoms with Gasteiger partial charge in [0.05, 0.1) is 6.04 Å². The average molecular weight is 358 g/mol. The van der Waals surface area contributed by atoms with Crippen molar-refractivity contribution in [3.05, 3.63) is 65.7 Å². The molecule has 1 saturated heterocycles. The van der Waals surface area contributed by atoms with Crippen LogP contribution in [0.1, 0.15) is 28.8 Å². The molecule has 25 heavy (non-hydrogen) atoms. The minimum atomic E-state index is -0.941. The van der Waals surface area contributed by atoms with E-state index in [2.05, 4.69) is 22.8 Å². The first-order valence-corrected chi connectivity index (χ1v) is 9.30.